The number of hydrogen-bond donors (Lipinski definition) is 0. The number of rotatable bonds is 4. The molecule has 0 saturated carbocycles. The van der Waals surface area contributed by atoms with Crippen LogP contribution in [0.1, 0.15) is 0 Å². The second kappa shape index (κ2) is 6.24. The van der Waals surface area contributed by atoms with E-state index in [1.165, 1.54) is 16.1 Å². The summed E-state index contributed by atoms with van der Waals surface area (Å²) < 4.78 is 26.5. The van der Waals surface area contributed by atoms with Crippen LogP contribution in [-0.4, -0.2) is 36.7 Å². The molecule has 1 unspecified atom stereocenters. The van der Waals surface area contributed by atoms with E-state index >= 15 is 0 Å². The highest BCUT2D eigenvalue weighted by atomic mass is 32.2. The van der Waals surface area contributed by atoms with Crippen molar-refractivity contribution in [2.45, 2.75) is 10.3 Å². The normalized spacial score (nSPS) is 19.2. The molecule has 1 aliphatic rings. The first-order valence-corrected chi connectivity index (χ1v) is 9.36. The van der Waals surface area contributed by atoms with E-state index in [-0.39, 0.29) is 4.90 Å². The summed E-state index contributed by atoms with van der Waals surface area (Å²) in [6.45, 7) is 0.372. The van der Waals surface area contributed by atoms with Crippen molar-refractivity contribution < 1.29 is 13.2 Å². The lowest BCUT2D eigenvalue weighted by molar-refractivity contribution is -0.108. The Hall–Kier alpha value is -1.63. The van der Waals surface area contributed by atoms with Crippen molar-refractivity contribution in [3.8, 4) is 11.1 Å². The third-order valence-corrected chi connectivity index (χ3v) is 6.72. The second-order valence-corrected chi connectivity index (χ2v) is 8.02. The fourth-order valence-corrected chi connectivity index (χ4v) is 5.36. The Balaban J connectivity index is 1.91. The first-order valence-electron chi connectivity index (χ1n) is 6.87. The molecule has 0 bridgehead atoms. The lowest BCUT2D eigenvalue weighted by Gasteiger charge is -2.19. The average Bonchev–Trinajstić information content (AvgIpc) is 3.05. The number of aldehydes is 1. The third-order valence-electron chi connectivity index (χ3n) is 3.57. The minimum atomic E-state index is -3.62. The van der Waals surface area contributed by atoms with E-state index in [0.717, 1.165) is 11.1 Å². The fourth-order valence-electron chi connectivity index (χ4n) is 2.42. The molecule has 0 aliphatic carbocycles. The Kier molecular flexibility index (Phi) is 4.33. The molecule has 0 radical (unpaired) electrons. The number of carbonyl (C=O) groups excluding carboxylic acids is 1. The van der Waals surface area contributed by atoms with Crippen molar-refractivity contribution in [1.29, 1.82) is 0 Å². The van der Waals surface area contributed by atoms with Gasteiger partial charge in [-0.15, -0.1) is 11.8 Å². The van der Waals surface area contributed by atoms with Crippen LogP contribution >= 0.6 is 11.8 Å². The summed E-state index contributed by atoms with van der Waals surface area (Å²) in [5, 5.41) is -0.612. The van der Waals surface area contributed by atoms with Gasteiger partial charge < -0.3 is 4.79 Å². The third kappa shape index (κ3) is 2.82. The molecule has 6 heteroatoms. The highest BCUT2D eigenvalue weighted by molar-refractivity contribution is 8.01. The number of carbonyl (C=O) groups is 1. The molecule has 22 heavy (non-hydrogen) atoms. The van der Waals surface area contributed by atoms with Gasteiger partial charge in [0, 0.05) is 12.3 Å². The zero-order chi connectivity index (χ0) is 15.6. The van der Waals surface area contributed by atoms with Crippen LogP contribution in [0, 0.1) is 0 Å². The topological polar surface area (TPSA) is 54.5 Å². The zero-order valence-electron chi connectivity index (χ0n) is 11.8. The molecule has 0 amide bonds. The van der Waals surface area contributed by atoms with E-state index in [1.807, 2.05) is 30.3 Å². The maximum absolute atomic E-state index is 12.6. The van der Waals surface area contributed by atoms with Gasteiger partial charge in [-0.25, -0.2) is 8.42 Å². The molecule has 0 aromatic heterocycles. The van der Waals surface area contributed by atoms with Gasteiger partial charge in [-0.1, -0.05) is 42.5 Å². The number of sulfonamides is 1. The van der Waals surface area contributed by atoms with Crippen LogP contribution in [0.3, 0.4) is 0 Å². The maximum atomic E-state index is 12.6. The van der Waals surface area contributed by atoms with E-state index in [0.29, 0.717) is 18.6 Å². The SMILES string of the molecule is O=CC1SCCN1S(=O)(=O)c1ccc(-c2ccccc2)cc1. The van der Waals surface area contributed by atoms with Gasteiger partial charge in [0.05, 0.1) is 4.90 Å². The molecule has 114 valence electrons. The molecule has 0 spiro atoms. The van der Waals surface area contributed by atoms with E-state index < -0.39 is 15.4 Å². The van der Waals surface area contributed by atoms with Gasteiger partial charge in [-0.05, 0) is 23.3 Å². The lowest BCUT2D eigenvalue weighted by Crippen LogP contribution is -2.35. The van der Waals surface area contributed by atoms with E-state index in [2.05, 4.69) is 0 Å². The minimum absolute atomic E-state index is 0.224. The van der Waals surface area contributed by atoms with Gasteiger partial charge in [-0.3, -0.25) is 0 Å². The summed E-state index contributed by atoms with van der Waals surface area (Å²) in [4.78, 5) is 11.2. The second-order valence-electron chi connectivity index (χ2n) is 4.90. The highest BCUT2D eigenvalue weighted by Crippen LogP contribution is 2.29. The molecule has 2 aromatic rings. The molecule has 1 atom stereocenters. The number of hydrogen-bond acceptors (Lipinski definition) is 4. The van der Waals surface area contributed by atoms with Gasteiger partial charge in [0.15, 0.2) is 0 Å². The largest absolute Gasteiger partial charge is 0.301 e. The summed E-state index contributed by atoms with van der Waals surface area (Å²) in [7, 11) is -3.62. The summed E-state index contributed by atoms with van der Waals surface area (Å²) in [6.07, 6.45) is 0.688. The molecular formula is C16H15NO3S2. The molecule has 3 rings (SSSR count). The standard InChI is InChI=1S/C16H15NO3S2/c18-12-16-17(10-11-21-16)22(19,20)15-8-6-14(7-9-15)13-4-2-1-3-5-13/h1-9,12,16H,10-11H2. The zero-order valence-corrected chi connectivity index (χ0v) is 13.4. The van der Waals surface area contributed by atoms with Gasteiger partial charge >= 0.3 is 0 Å². The average molecular weight is 333 g/mol. The van der Waals surface area contributed by atoms with E-state index in [9.17, 15) is 13.2 Å². The predicted octanol–water partition coefficient (Wildman–Crippen LogP) is 2.62. The molecule has 1 fully saturated rings. The van der Waals surface area contributed by atoms with Gasteiger partial charge in [0.2, 0.25) is 10.0 Å². The van der Waals surface area contributed by atoms with Crippen LogP contribution in [-0.2, 0) is 14.8 Å². The molecule has 1 heterocycles. The minimum Gasteiger partial charge on any atom is -0.301 e. The van der Waals surface area contributed by atoms with Crippen LogP contribution in [0.2, 0.25) is 0 Å². The quantitative estimate of drug-likeness (QED) is 0.807. The van der Waals surface area contributed by atoms with Crippen molar-refractivity contribution in [3.63, 3.8) is 0 Å². The first kappa shape index (κ1) is 15.3. The Bertz CT molecular complexity index is 758. The first-order chi connectivity index (χ1) is 10.6. The van der Waals surface area contributed by atoms with Crippen molar-refractivity contribution in [2.24, 2.45) is 0 Å². The van der Waals surface area contributed by atoms with Crippen molar-refractivity contribution in [1.82, 2.24) is 4.31 Å². The van der Waals surface area contributed by atoms with Gasteiger partial charge in [0.25, 0.3) is 0 Å². The lowest BCUT2D eigenvalue weighted by atomic mass is 10.1. The monoisotopic (exact) mass is 333 g/mol. The summed E-state index contributed by atoms with van der Waals surface area (Å²) >= 11 is 1.35. The molecule has 2 aromatic carbocycles. The van der Waals surface area contributed by atoms with Crippen LogP contribution in [0.4, 0.5) is 0 Å². The van der Waals surface area contributed by atoms with E-state index in [1.54, 1.807) is 24.3 Å². The molecule has 4 nitrogen and oxygen atoms in total. The van der Waals surface area contributed by atoms with E-state index in [4.69, 9.17) is 0 Å². The van der Waals surface area contributed by atoms with Crippen molar-refractivity contribution >= 4 is 28.1 Å². The van der Waals surface area contributed by atoms with Crippen LogP contribution in [0.15, 0.2) is 59.5 Å². The van der Waals surface area contributed by atoms with Gasteiger partial charge in [-0.2, -0.15) is 4.31 Å². The Morgan fingerprint density at radius 1 is 1.00 bits per heavy atom. The predicted molar refractivity (Wildman–Crippen MR) is 88.1 cm³/mol. The maximum Gasteiger partial charge on any atom is 0.244 e. The smallest absolute Gasteiger partial charge is 0.244 e. The van der Waals surface area contributed by atoms with Crippen molar-refractivity contribution in [3.05, 3.63) is 54.6 Å². The number of benzene rings is 2. The van der Waals surface area contributed by atoms with Crippen LogP contribution < -0.4 is 0 Å². The number of thioether (sulfide) groups is 1. The Labute approximate surface area is 134 Å². The fraction of sp³-hybridized carbons (Fsp3) is 0.188. The molecule has 1 saturated heterocycles. The van der Waals surface area contributed by atoms with Crippen molar-refractivity contribution in [2.75, 3.05) is 12.3 Å². The Morgan fingerprint density at radius 2 is 1.64 bits per heavy atom. The summed E-state index contributed by atoms with van der Waals surface area (Å²) in [5.74, 6) is 0.644. The van der Waals surface area contributed by atoms with Crippen LogP contribution in [0.5, 0.6) is 0 Å². The summed E-state index contributed by atoms with van der Waals surface area (Å²) in [6, 6.07) is 16.6. The molecule has 0 N–H and O–H groups in total. The van der Waals surface area contributed by atoms with Crippen LogP contribution in [0.25, 0.3) is 11.1 Å². The summed E-state index contributed by atoms with van der Waals surface area (Å²) in [5.41, 5.74) is 2.00. The van der Waals surface area contributed by atoms with Gasteiger partial charge in [0.1, 0.15) is 11.7 Å². The molecular weight excluding hydrogens is 318 g/mol. The Morgan fingerprint density at radius 3 is 2.27 bits per heavy atom. The number of nitrogens with zero attached hydrogens (tertiary/aromatic N) is 1. The molecule has 1 aliphatic heterocycles. The highest BCUT2D eigenvalue weighted by Gasteiger charge is 2.35.